The largest absolute Gasteiger partial charge is 0.369 e. The number of rotatable bonds is 7. The molecule has 148 valence electrons. The lowest BCUT2D eigenvalue weighted by atomic mass is 10.2. The van der Waals surface area contributed by atoms with Crippen LogP contribution in [0.5, 0.6) is 0 Å². The third kappa shape index (κ3) is 8.11. The molecule has 1 atom stereocenters. The highest BCUT2D eigenvalue weighted by atomic mass is 127. The number of aryl methyl sites for hydroxylation is 1. The van der Waals surface area contributed by atoms with Crippen molar-refractivity contribution in [3.05, 3.63) is 29.8 Å². The zero-order valence-corrected chi connectivity index (χ0v) is 19.0. The summed E-state index contributed by atoms with van der Waals surface area (Å²) in [6.07, 6.45) is 2.87. The van der Waals surface area contributed by atoms with E-state index in [1.807, 2.05) is 6.92 Å². The Morgan fingerprint density at radius 3 is 2.62 bits per heavy atom. The average Bonchev–Trinajstić information content (AvgIpc) is 3.00. The molecule has 1 aliphatic heterocycles. The van der Waals surface area contributed by atoms with Crippen molar-refractivity contribution in [1.82, 2.24) is 10.6 Å². The molecule has 1 aromatic carbocycles. The number of aliphatic imine (C=N–C) groups is 1. The summed E-state index contributed by atoms with van der Waals surface area (Å²) in [5, 5.41) is 6.71. The summed E-state index contributed by atoms with van der Waals surface area (Å²) in [4.78, 5) is 6.88. The summed E-state index contributed by atoms with van der Waals surface area (Å²) in [6.45, 7) is 7.39. The number of sulfone groups is 1. The van der Waals surface area contributed by atoms with Crippen LogP contribution < -0.4 is 15.5 Å². The van der Waals surface area contributed by atoms with Crippen LogP contribution in [0.2, 0.25) is 0 Å². The normalized spacial score (nSPS) is 17.7. The second-order valence-electron chi connectivity index (χ2n) is 6.66. The highest BCUT2D eigenvalue weighted by Gasteiger charge is 2.23. The van der Waals surface area contributed by atoms with Crippen LogP contribution in [-0.4, -0.2) is 58.6 Å². The number of nitrogens with zero attached hydrogens (tertiary/aromatic N) is 2. The van der Waals surface area contributed by atoms with Crippen LogP contribution in [-0.2, 0) is 9.84 Å². The van der Waals surface area contributed by atoms with Crippen LogP contribution in [0, 0.1) is 6.92 Å². The third-order valence-electron chi connectivity index (χ3n) is 4.22. The summed E-state index contributed by atoms with van der Waals surface area (Å²) >= 11 is 0. The molecule has 0 radical (unpaired) electrons. The van der Waals surface area contributed by atoms with E-state index in [-0.39, 0.29) is 29.7 Å². The first kappa shape index (κ1) is 23.0. The number of benzene rings is 1. The van der Waals surface area contributed by atoms with Gasteiger partial charge >= 0.3 is 0 Å². The van der Waals surface area contributed by atoms with Crippen molar-refractivity contribution in [1.29, 1.82) is 0 Å². The Kier molecular flexibility index (Phi) is 9.70. The molecule has 8 heteroatoms. The van der Waals surface area contributed by atoms with E-state index >= 15 is 0 Å². The molecule has 1 saturated heterocycles. The minimum absolute atomic E-state index is 0. The predicted octanol–water partition coefficient (Wildman–Crippen LogP) is 2.18. The van der Waals surface area contributed by atoms with E-state index in [2.05, 4.69) is 51.7 Å². The van der Waals surface area contributed by atoms with Gasteiger partial charge in [0.25, 0.3) is 0 Å². The van der Waals surface area contributed by atoms with Crippen LogP contribution >= 0.6 is 24.0 Å². The fourth-order valence-electron chi connectivity index (χ4n) is 2.90. The van der Waals surface area contributed by atoms with E-state index in [0.29, 0.717) is 19.0 Å². The molecule has 0 saturated carbocycles. The maximum Gasteiger partial charge on any atom is 0.191 e. The highest BCUT2D eigenvalue weighted by molar-refractivity contribution is 14.0. The molecule has 0 amide bonds. The molecule has 0 bridgehead atoms. The van der Waals surface area contributed by atoms with Crippen molar-refractivity contribution in [2.24, 2.45) is 4.99 Å². The molecular weight excluding hydrogens is 463 g/mol. The molecule has 26 heavy (non-hydrogen) atoms. The van der Waals surface area contributed by atoms with Crippen LogP contribution in [0.15, 0.2) is 29.3 Å². The molecule has 2 N–H and O–H groups in total. The van der Waals surface area contributed by atoms with Crippen molar-refractivity contribution in [2.45, 2.75) is 32.7 Å². The van der Waals surface area contributed by atoms with Gasteiger partial charge in [-0.3, -0.25) is 4.99 Å². The Bertz CT molecular complexity index is 677. The number of guanidine groups is 1. The van der Waals surface area contributed by atoms with E-state index in [1.165, 1.54) is 17.5 Å². The summed E-state index contributed by atoms with van der Waals surface area (Å²) in [5.74, 6) is 0.951. The Morgan fingerprint density at radius 2 is 2.00 bits per heavy atom. The molecule has 0 spiro atoms. The first-order valence-electron chi connectivity index (χ1n) is 8.91. The van der Waals surface area contributed by atoms with Gasteiger partial charge in [0.05, 0.1) is 5.75 Å². The standard InChI is InChI=1S/C18H30N4O2S.HI/c1-4-19-18(20-11-5-13-25(3,23)24)21-16-10-12-22(14-16)17-8-6-15(2)7-9-17;/h6-9,16H,4-5,10-14H2,1-3H3,(H2,19,20,21);1H. The third-order valence-corrected chi connectivity index (χ3v) is 5.25. The van der Waals surface area contributed by atoms with Crippen molar-refractivity contribution < 1.29 is 8.42 Å². The number of halogens is 1. The predicted molar refractivity (Wildman–Crippen MR) is 121 cm³/mol. The van der Waals surface area contributed by atoms with E-state index in [1.54, 1.807) is 0 Å². The van der Waals surface area contributed by atoms with Gasteiger partial charge in [-0.1, -0.05) is 17.7 Å². The van der Waals surface area contributed by atoms with Gasteiger partial charge in [0.1, 0.15) is 9.84 Å². The summed E-state index contributed by atoms with van der Waals surface area (Å²) < 4.78 is 22.4. The van der Waals surface area contributed by atoms with Gasteiger partial charge in [0.15, 0.2) is 5.96 Å². The van der Waals surface area contributed by atoms with Crippen LogP contribution in [0.25, 0.3) is 0 Å². The fourth-order valence-corrected chi connectivity index (χ4v) is 3.55. The molecule has 1 aromatic rings. The molecular formula is C18H31IN4O2S. The van der Waals surface area contributed by atoms with Gasteiger partial charge in [0.2, 0.25) is 0 Å². The highest BCUT2D eigenvalue weighted by Crippen LogP contribution is 2.20. The Hall–Kier alpha value is -1.03. The second kappa shape index (κ2) is 11.0. The topological polar surface area (TPSA) is 73.8 Å². The number of anilines is 1. The summed E-state index contributed by atoms with van der Waals surface area (Å²) in [7, 11) is -2.91. The van der Waals surface area contributed by atoms with Crippen molar-refractivity contribution in [3.63, 3.8) is 0 Å². The molecule has 0 aliphatic carbocycles. The lowest BCUT2D eigenvalue weighted by Gasteiger charge is -2.20. The number of nitrogens with one attached hydrogen (secondary N) is 2. The van der Waals surface area contributed by atoms with Gasteiger partial charge in [-0.05, 0) is 38.8 Å². The Balaban J connectivity index is 0.00000338. The monoisotopic (exact) mass is 494 g/mol. The van der Waals surface area contributed by atoms with Crippen LogP contribution in [0.4, 0.5) is 5.69 Å². The van der Waals surface area contributed by atoms with Gasteiger partial charge in [-0.15, -0.1) is 24.0 Å². The lowest BCUT2D eigenvalue weighted by Crippen LogP contribution is -2.44. The molecule has 1 heterocycles. The Labute approximate surface area is 174 Å². The number of hydrogen-bond acceptors (Lipinski definition) is 4. The first-order chi connectivity index (χ1) is 11.9. The van der Waals surface area contributed by atoms with Gasteiger partial charge in [-0.2, -0.15) is 0 Å². The maximum atomic E-state index is 11.2. The molecule has 1 unspecified atom stereocenters. The molecule has 1 aliphatic rings. The summed E-state index contributed by atoms with van der Waals surface area (Å²) in [5.41, 5.74) is 2.53. The molecule has 0 aromatic heterocycles. The molecule has 2 rings (SSSR count). The van der Waals surface area contributed by atoms with Gasteiger partial charge in [-0.25, -0.2) is 8.42 Å². The van der Waals surface area contributed by atoms with Crippen molar-refractivity contribution in [3.8, 4) is 0 Å². The molecule has 6 nitrogen and oxygen atoms in total. The van der Waals surface area contributed by atoms with Crippen molar-refractivity contribution in [2.75, 3.05) is 43.1 Å². The zero-order chi connectivity index (χ0) is 18.3. The van der Waals surface area contributed by atoms with Crippen molar-refractivity contribution >= 4 is 45.5 Å². The lowest BCUT2D eigenvalue weighted by molar-refractivity contribution is 0.599. The SMILES string of the molecule is CCNC(=NCCCS(C)(=O)=O)NC1CCN(c2ccc(C)cc2)C1.I. The smallest absolute Gasteiger partial charge is 0.191 e. The minimum atomic E-state index is -2.91. The van der Waals surface area contributed by atoms with Crippen LogP contribution in [0.1, 0.15) is 25.3 Å². The van der Waals surface area contributed by atoms with E-state index in [4.69, 9.17) is 0 Å². The van der Waals surface area contributed by atoms with Gasteiger partial charge in [0, 0.05) is 44.2 Å². The maximum absolute atomic E-state index is 11.2. The first-order valence-corrected chi connectivity index (χ1v) is 11.0. The summed E-state index contributed by atoms with van der Waals surface area (Å²) in [6, 6.07) is 8.96. The Morgan fingerprint density at radius 1 is 1.31 bits per heavy atom. The zero-order valence-electron chi connectivity index (χ0n) is 15.9. The number of hydrogen-bond donors (Lipinski definition) is 2. The van der Waals surface area contributed by atoms with E-state index in [0.717, 1.165) is 32.0 Å². The van der Waals surface area contributed by atoms with Crippen LogP contribution in [0.3, 0.4) is 0 Å². The van der Waals surface area contributed by atoms with Gasteiger partial charge < -0.3 is 15.5 Å². The molecule has 1 fully saturated rings. The van der Waals surface area contributed by atoms with E-state index in [9.17, 15) is 8.42 Å². The van der Waals surface area contributed by atoms with E-state index < -0.39 is 9.84 Å². The fraction of sp³-hybridized carbons (Fsp3) is 0.611. The second-order valence-corrected chi connectivity index (χ2v) is 8.92. The average molecular weight is 494 g/mol. The minimum Gasteiger partial charge on any atom is -0.369 e. The quantitative estimate of drug-likeness (QED) is 0.263.